The fourth-order valence-corrected chi connectivity index (χ4v) is 4.30. The fourth-order valence-electron chi connectivity index (χ4n) is 3.57. The number of benzene rings is 1. The van der Waals surface area contributed by atoms with Crippen molar-refractivity contribution in [3.63, 3.8) is 0 Å². The topological polar surface area (TPSA) is 81.2 Å². The molecule has 28 heavy (non-hydrogen) atoms. The Labute approximate surface area is 166 Å². The number of nitrogens with zero attached hydrogens (tertiary/aromatic N) is 4. The first-order valence-corrected chi connectivity index (χ1v) is 10.3. The maximum Gasteiger partial charge on any atom is 0.307 e. The highest BCUT2D eigenvalue weighted by molar-refractivity contribution is 7.07. The van der Waals surface area contributed by atoms with E-state index in [2.05, 4.69) is 10.1 Å². The van der Waals surface area contributed by atoms with Gasteiger partial charge in [-0.1, -0.05) is 47.5 Å². The number of hydrogen-bond donors (Lipinski definition) is 0. The number of amides is 1. The van der Waals surface area contributed by atoms with Gasteiger partial charge < -0.3 is 9.42 Å². The molecule has 0 saturated carbocycles. The monoisotopic (exact) mass is 398 g/mol. The molecule has 4 rings (SSSR count). The summed E-state index contributed by atoms with van der Waals surface area (Å²) in [4.78, 5) is 31.4. The molecule has 0 bridgehead atoms. The number of likely N-dealkylation sites (tertiary alicyclic amines) is 1. The largest absolute Gasteiger partial charge is 0.334 e. The van der Waals surface area contributed by atoms with Crippen LogP contribution < -0.4 is 4.87 Å². The van der Waals surface area contributed by atoms with Gasteiger partial charge in [0.2, 0.25) is 5.91 Å². The normalized spacial score (nSPS) is 17.5. The molecule has 1 unspecified atom stereocenters. The van der Waals surface area contributed by atoms with Crippen molar-refractivity contribution in [1.82, 2.24) is 19.6 Å². The van der Waals surface area contributed by atoms with Crippen LogP contribution in [0, 0.1) is 6.92 Å². The van der Waals surface area contributed by atoms with Crippen molar-refractivity contribution < 1.29 is 9.32 Å². The minimum Gasteiger partial charge on any atom is -0.334 e. The van der Waals surface area contributed by atoms with Crippen LogP contribution in [0.25, 0.3) is 11.5 Å². The lowest BCUT2D eigenvalue weighted by Gasteiger charge is -2.28. The zero-order chi connectivity index (χ0) is 19.5. The Morgan fingerprint density at radius 3 is 2.82 bits per heavy atom. The SMILES string of the molecule is Cc1csc(=O)n1CC(=O)N1CCCCCC1c1noc(-c2ccccc2)n1. The van der Waals surface area contributed by atoms with Gasteiger partial charge in [-0.2, -0.15) is 4.98 Å². The highest BCUT2D eigenvalue weighted by atomic mass is 32.1. The summed E-state index contributed by atoms with van der Waals surface area (Å²) in [5.41, 5.74) is 1.66. The molecule has 7 nitrogen and oxygen atoms in total. The predicted molar refractivity (Wildman–Crippen MR) is 106 cm³/mol. The first-order chi connectivity index (χ1) is 13.6. The van der Waals surface area contributed by atoms with Gasteiger partial charge in [0.05, 0.1) is 6.04 Å². The molecule has 146 valence electrons. The van der Waals surface area contributed by atoms with E-state index in [1.807, 2.05) is 42.2 Å². The molecule has 3 aromatic rings. The van der Waals surface area contributed by atoms with Gasteiger partial charge in [-0.3, -0.25) is 14.2 Å². The standard InChI is InChI=1S/C20H22N4O3S/c1-14-13-28-20(26)24(14)12-17(25)23-11-7-3-6-10-16(23)18-21-19(27-22-18)15-8-4-2-5-9-15/h2,4-5,8-9,13,16H,3,6-7,10-12H2,1H3. The smallest absolute Gasteiger partial charge is 0.307 e. The van der Waals surface area contributed by atoms with Crippen molar-refractivity contribution in [2.24, 2.45) is 0 Å². The first-order valence-electron chi connectivity index (χ1n) is 9.47. The van der Waals surface area contributed by atoms with Crippen LogP contribution >= 0.6 is 11.3 Å². The van der Waals surface area contributed by atoms with E-state index >= 15 is 0 Å². The number of aryl methyl sites for hydroxylation is 1. The van der Waals surface area contributed by atoms with Crippen LogP contribution in [0.2, 0.25) is 0 Å². The van der Waals surface area contributed by atoms with Gasteiger partial charge in [0.15, 0.2) is 5.82 Å². The molecule has 0 aliphatic carbocycles. The van der Waals surface area contributed by atoms with E-state index in [4.69, 9.17) is 4.52 Å². The van der Waals surface area contributed by atoms with Gasteiger partial charge in [-0.05, 0) is 31.9 Å². The predicted octanol–water partition coefficient (Wildman–Crippen LogP) is 3.41. The van der Waals surface area contributed by atoms with Crippen molar-refractivity contribution >= 4 is 17.2 Å². The van der Waals surface area contributed by atoms with Crippen LogP contribution in [0.1, 0.15) is 43.2 Å². The van der Waals surface area contributed by atoms with Gasteiger partial charge in [-0.25, -0.2) is 0 Å². The summed E-state index contributed by atoms with van der Waals surface area (Å²) >= 11 is 1.12. The lowest BCUT2D eigenvalue weighted by Crippen LogP contribution is -2.39. The number of aromatic nitrogens is 3. The Bertz CT molecular complexity index is 1010. The molecule has 8 heteroatoms. The third-order valence-corrected chi connectivity index (χ3v) is 5.98. The molecular formula is C20H22N4O3S. The van der Waals surface area contributed by atoms with Crippen LogP contribution in [-0.4, -0.2) is 32.1 Å². The zero-order valence-electron chi connectivity index (χ0n) is 15.7. The van der Waals surface area contributed by atoms with E-state index < -0.39 is 0 Å². The van der Waals surface area contributed by atoms with Crippen molar-refractivity contribution in [1.29, 1.82) is 0 Å². The summed E-state index contributed by atoms with van der Waals surface area (Å²) in [5.74, 6) is 0.905. The van der Waals surface area contributed by atoms with Gasteiger partial charge in [0.1, 0.15) is 6.54 Å². The van der Waals surface area contributed by atoms with Crippen LogP contribution in [0.5, 0.6) is 0 Å². The molecule has 1 amide bonds. The van der Waals surface area contributed by atoms with Gasteiger partial charge in [0.25, 0.3) is 5.89 Å². The Morgan fingerprint density at radius 1 is 1.25 bits per heavy atom. The maximum absolute atomic E-state index is 13.1. The van der Waals surface area contributed by atoms with Gasteiger partial charge in [-0.15, -0.1) is 0 Å². The number of carbonyl (C=O) groups is 1. The van der Waals surface area contributed by atoms with Crippen LogP contribution in [0.3, 0.4) is 0 Å². The van der Waals surface area contributed by atoms with Crippen molar-refractivity contribution in [2.45, 2.75) is 45.2 Å². The first kappa shape index (κ1) is 18.6. The third-order valence-electron chi connectivity index (χ3n) is 5.10. The fraction of sp³-hybridized carbons (Fsp3) is 0.400. The summed E-state index contributed by atoms with van der Waals surface area (Å²) in [6.45, 7) is 2.53. The molecule has 0 radical (unpaired) electrons. The number of hydrogen-bond acceptors (Lipinski definition) is 6. The second kappa shape index (κ2) is 8.10. The van der Waals surface area contributed by atoms with E-state index in [0.717, 1.165) is 48.3 Å². The molecule has 0 spiro atoms. The highest BCUT2D eigenvalue weighted by Gasteiger charge is 2.31. The zero-order valence-corrected chi connectivity index (χ0v) is 16.5. The summed E-state index contributed by atoms with van der Waals surface area (Å²) in [7, 11) is 0. The third kappa shape index (κ3) is 3.77. The molecule has 1 aromatic carbocycles. The molecule has 3 heterocycles. The van der Waals surface area contributed by atoms with E-state index in [1.165, 1.54) is 4.57 Å². The van der Waals surface area contributed by atoms with E-state index in [0.29, 0.717) is 18.3 Å². The number of thiazole rings is 1. The summed E-state index contributed by atoms with van der Waals surface area (Å²) in [6.07, 6.45) is 3.78. The lowest BCUT2D eigenvalue weighted by molar-refractivity contribution is -0.134. The molecule has 1 fully saturated rings. The Balaban J connectivity index is 1.60. The van der Waals surface area contributed by atoms with E-state index in [9.17, 15) is 9.59 Å². The Morgan fingerprint density at radius 2 is 2.07 bits per heavy atom. The Kier molecular flexibility index (Phi) is 5.38. The quantitative estimate of drug-likeness (QED) is 0.673. The van der Waals surface area contributed by atoms with Crippen LogP contribution in [0.4, 0.5) is 0 Å². The summed E-state index contributed by atoms with van der Waals surface area (Å²) < 4.78 is 6.99. The second-order valence-electron chi connectivity index (χ2n) is 7.01. The summed E-state index contributed by atoms with van der Waals surface area (Å²) in [6, 6.07) is 9.37. The molecule has 1 saturated heterocycles. The van der Waals surface area contributed by atoms with E-state index in [1.54, 1.807) is 5.38 Å². The molecule has 1 atom stereocenters. The van der Waals surface area contributed by atoms with Crippen molar-refractivity contribution in [3.05, 3.63) is 56.9 Å². The van der Waals surface area contributed by atoms with Crippen LogP contribution in [-0.2, 0) is 11.3 Å². The van der Waals surface area contributed by atoms with Crippen molar-refractivity contribution in [2.75, 3.05) is 6.54 Å². The van der Waals surface area contributed by atoms with Gasteiger partial charge in [0, 0.05) is 23.2 Å². The van der Waals surface area contributed by atoms with Gasteiger partial charge >= 0.3 is 4.87 Å². The molecule has 1 aliphatic heterocycles. The molecular weight excluding hydrogens is 376 g/mol. The second-order valence-corrected chi connectivity index (χ2v) is 7.83. The maximum atomic E-state index is 13.1. The number of rotatable bonds is 4. The minimum absolute atomic E-state index is 0.0497. The lowest BCUT2D eigenvalue weighted by atomic mass is 10.1. The molecule has 1 aliphatic rings. The average molecular weight is 398 g/mol. The highest BCUT2D eigenvalue weighted by Crippen LogP contribution is 2.30. The van der Waals surface area contributed by atoms with Crippen molar-refractivity contribution in [3.8, 4) is 11.5 Å². The van der Waals surface area contributed by atoms with Crippen LogP contribution in [0.15, 0.2) is 45.0 Å². The summed E-state index contributed by atoms with van der Waals surface area (Å²) in [5, 5.41) is 5.95. The number of carbonyl (C=O) groups excluding carboxylic acids is 1. The Hall–Kier alpha value is -2.74. The molecule has 2 aromatic heterocycles. The molecule has 0 N–H and O–H groups in total. The minimum atomic E-state index is -0.231. The van der Waals surface area contributed by atoms with E-state index in [-0.39, 0.29) is 23.4 Å². The average Bonchev–Trinajstić information content (AvgIpc) is 3.23.